The molecule has 1 aliphatic carbocycles. The fourth-order valence-electron chi connectivity index (χ4n) is 4.75. The van der Waals surface area contributed by atoms with E-state index in [1.165, 1.54) is 28.5 Å². The molecule has 1 aromatic heterocycles. The summed E-state index contributed by atoms with van der Waals surface area (Å²) in [6.07, 6.45) is 5.68. The van der Waals surface area contributed by atoms with E-state index in [4.69, 9.17) is 0 Å². The van der Waals surface area contributed by atoms with Crippen LogP contribution in [-0.2, 0) is 6.42 Å². The lowest BCUT2D eigenvalue weighted by Gasteiger charge is -2.39. The second-order valence-corrected chi connectivity index (χ2v) is 8.35. The quantitative estimate of drug-likeness (QED) is 0.716. The van der Waals surface area contributed by atoms with E-state index in [1.54, 1.807) is 4.90 Å². The van der Waals surface area contributed by atoms with Crippen molar-refractivity contribution in [3.8, 4) is 0 Å². The monoisotopic (exact) mass is 444 g/mol. The summed E-state index contributed by atoms with van der Waals surface area (Å²) in [4.78, 5) is 17.1. The smallest absolute Gasteiger partial charge is 0.324 e. The third-order valence-corrected chi connectivity index (χ3v) is 6.92. The Hall–Kier alpha value is -1.79. The van der Waals surface area contributed by atoms with Gasteiger partial charge in [-0.25, -0.2) is 14.9 Å². The van der Waals surface area contributed by atoms with Gasteiger partial charge in [0.2, 0.25) is 0 Å². The second kappa shape index (κ2) is 7.91. The van der Waals surface area contributed by atoms with Gasteiger partial charge in [0, 0.05) is 31.1 Å². The molecule has 0 fully saturated rings. The summed E-state index contributed by atoms with van der Waals surface area (Å²) < 4.78 is 2.90. The SMILES string of the molecule is CCCN1CCC=C2c3cccc4c3c(c(Br)n4NC(=O)N(CC)CC)C[C@H]21. The molecule has 6 heteroatoms. The number of carbonyl (C=O) groups excluding carboxylic acids is 1. The molecule has 5 nitrogen and oxygen atoms in total. The van der Waals surface area contributed by atoms with Crippen LogP contribution in [0.2, 0.25) is 0 Å². The van der Waals surface area contributed by atoms with Gasteiger partial charge in [-0.05, 0) is 78.4 Å². The van der Waals surface area contributed by atoms with Crippen molar-refractivity contribution in [1.29, 1.82) is 0 Å². The summed E-state index contributed by atoms with van der Waals surface area (Å²) in [6, 6.07) is 6.81. The van der Waals surface area contributed by atoms with Gasteiger partial charge in [0.05, 0.1) is 5.52 Å². The van der Waals surface area contributed by atoms with Crippen LogP contribution < -0.4 is 5.43 Å². The minimum absolute atomic E-state index is 0.0666. The molecule has 2 heterocycles. The molecule has 150 valence electrons. The van der Waals surface area contributed by atoms with E-state index in [2.05, 4.69) is 57.5 Å². The Morgan fingerprint density at radius 3 is 2.79 bits per heavy atom. The molecule has 2 aliphatic rings. The van der Waals surface area contributed by atoms with Crippen molar-refractivity contribution in [3.63, 3.8) is 0 Å². The van der Waals surface area contributed by atoms with Crippen molar-refractivity contribution < 1.29 is 4.79 Å². The first-order chi connectivity index (χ1) is 13.6. The molecule has 1 aromatic carbocycles. The van der Waals surface area contributed by atoms with Crippen molar-refractivity contribution in [1.82, 2.24) is 14.5 Å². The van der Waals surface area contributed by atoms with Crippen molar-refractivity contribution in [2.24, 2.45) is 0 Å². The Labute approximate surface area is 175 Å². The zero-order valence-electron chi connectivity index (χ0n) is 17.0. The van der Waals surface area contributed by atoms with Gasteiger partial charge in [-0.3, -0.25) is 4.90 Å². The Kier molecular flexibility index (Phi) is 5.52. The Morgan fingerprint density at radius 2 is 2.07 bits per heavy atom. The standard InChI is InChI=1S/C22H29BrN4O/c1-4-12-26-13-8-10-15-16-9-7-11-18-20(16)17(14-19(15)26)21(23)27(18)24-22(28)25(5-2)6-3/h7,9-11,19H,4-6,8,12-14H2,1-3H3,(H,24,28)/t19-/m1/s1. The van der Waals surface area contributed by atoms with Crippen molar-refractivity contribution in [3.05, 3.63) is 40.0 Å². The van der Waals surface area contributed by atoms with Gasteiger partial charge in [-0.1, -0.05) is 25.1 Å². The molecule has 0 bridgehead atoms. The molecule has 1 atom stereocenters. The van der Waals surface area contributed by atoms with E-state index in [0.29, 0.717) is 19.1 Å². The molecule has 28 heavy (non-hydrogen) atoms. The van der Waals surface area contributed by atoms with Gasteiger partial charge in [0.15, 0.2) is 0 Å². The van der Waals surface area contributed by atoms with Crippen molar-refractivity contribution >= 4 is 38.4 Å². The van der Waals surface area contributed by atoms with Crippen LogP contribution in [0.3, 0.4) is 0 Å². The molecular formula is C22H29BrN4O. The zero-order chi connectivity index (χ0) is 19.8. The van der Waals surface area contributed by atoms with Crippen LogP contribution in [0.4, 0.5) is 4.79 Å². The van der Waals surface area contributed by atoms with Gasteiger partial charge in [0.25, 0.3) is 0 Å². The number of urea groups is 1. The first-order valence-corrected chi connectivity index (χ1v) is 11.2. The lowest BCUT2D eigenvalue weighted by atomic mass is 9.81. The summed E-state index contributed by atoms with van der Waals surface area (Å²) in [5.74, 6) is 0. The summed E-state index contributed by atoms with van der Waals surface area (Å²) in [6.45, 7) is 9.90. The maximum absolute atomic E-state index is 12.7. The highest BCUT2D eigenvalue weighted by Gasteiger charge is 2.34. The molecule has 2 aromatic rings. The molecule has 1 aliphatic heterocycles. The average Bonchev–Trinajstić information content (AvgIpc) is 2.97. The molecule has 0 spiro atoms. The van der Waals surface area contributed by atoms with Gasteiger partial charge in [-0.2, -0.15) is 0 Å². The predicted octanol–water partition coefficient (Wildman–Crippen LogP) is 4.83. The molecule has 0 saturated heterocycles. The fourth-order valence-corrected chi connectivity index (χ4v) is 5.39. The molecular weight excluding hydrogens is 416 g/mol. The summed E-state index contributed by atoms with van der Waals surface area (Å²) in [5.41, 5.74) is 8.25. The topological polar surface area (TPSA) is 40.5 Å². The van der Waals surface area contributed by atoms with E-state index in [-0.39, 0.29) is 6.03 Å². The van der Waals surface area contributed by atoms with Gasteiger partial charge in [-0.15, -0.1) is 0 Å². The third kappa shape index (κ3) is 3.07. The Balaban J connectivity index is 1.80. The number of benzene rings is 1. The molecule has 0 saturated carbocycles. The summed E-state index contributed by atoms with van der Waals surface area (Å²) in [7, 11) is 0. The van der Waals surface area contributed by atoms with Crippen LogP contribution in [0.5, 0.6) is 0 Å². The van der Waals surface area contributed by atoms with Gasteiger partial charge < -0.3 is 4.90 Å². The number of hydrogen-bond donors (Lipinski definition) is 1. The number of rotatable bonds is 5. The summed E-state index contributed by atoms with van der Waals surface area (Å²) >= 11 is 3.81. The van der Waals surface area contributed by atoms with E-state index in [9.17, 15) is 4.79 Å². The number of carbonyl (C=O) groups is 1. The average molecular weight is 445 g/mol. The van der Waals surface area contributed by atoms with E-state index < -0.39 is 0 Å². The van der Waals surface area contributed by atoms with E-state index in [0.717, 1.165) is 36.1 Å². The zero-order valence-corrected chi connectivity index (χ0v) is 18.6. The number of nitrogens with zero attached hydrogens (tertiary/aromatic N) is 3. The van der Waals surface area contributed by atoms with Crippen LogP contribution in [0.15, 0.2) is 28.9 Å². The van der Waals surface area contributed by atoms with Gasteiger partial charge in [0.1, 0.15) is 4.60 Å². The number of hydrogen-bond acceptors (Lipinski definition) is 2. The van der Waals surface area contributed by atoms with Crippen molar-refractivity contribution in [2.45, 2.75) is 46.1 Å². The molecule has 1 N–H and O–H groups in total. The minimum atomic E-state index is -0.0666. The third-order valence-electron chi connectivity index (χ3n) is 6.09. The molecule has 4 rings (SSSR count). The number of aromatic nitrogens is 1. The van der Waals surface area contributed by atoms with Crippen LogP contribution >= 0.6 is 15.9 Å². The number of nitrogens with one attached hydrogen (secondary N) is 1. The molecule has 2 amide bonds. The normalized spacial score (nSPS) is 18.7. The van der Waals surface area contributed by atoms with Crippen LogP contribution in [0.25, 0.3) is 16.5 Å². The van der Waals surface area contributed by atoms with Crippen LogP contribution in [-0.4, -0.2) is 52.7 Å². The Bertz CT molecular complexity index is 928. The Morgan fingerprint density at radius 1 is 1.29 bits per heavy atom. The number of fused-ring (bicyclic) bond motifs is 2. The van der Waals surface area contributed by atoms with Crippen LogP contribution in [0, 0.1) is 0 Å². The first kappa shape index (κ1) is 19.5. The maximum Gasteiger partial charge on any atom is 0.336 e. The lowest BCUT2D eigenvalue weighted by Crippen LogP contribution is -2.42. The van der Waals surface area contributed by atoms with E-state index >= 15 is 0 Å². The predicted molar refractivity (Wildman–Crippen MR) is 119 cm³/mol. The van der Waals surface area contributed by atoms with Crippen molar-refractivity contribution in [2.75, 3.05) is 31.6 Å². The summed E-state index contributed by atoms with van der Waals surface area (Å²) in [5, 5.41) is 1.27. The molecule has 0 unspecified atom stereocenters. The maximum atomic E-state index is 12.7. The highest BCUT2D eigenvalue weighted by Crippen LogP contribution is 2.44. The van der Waals surface area contributed by atoms with Gasteiger partial charge >= 0.3 is 6.03 Å². The molecule has 0 radical (unpaired) electrons. The number of halogens is 1. The largest absolute Gasteiger partial charge is 0.336 e. The highest BCUT2D eigenvalue weighted by molar-refractivity contribution is 9.10. The first-order valence-electron chi connectivity index (χ1n) is 10.4. The minimum Gasteiger partial charge on any atom is -0.324 e. The lowest BCUT2D eigenvalue weighted by molar-refractivity contribution is 0.214. The fraction of sp³-hybridized carbons (Fsp3) is 0.500. The number of amides is 2. The van der Waals surface area contributed by atoms with E-state index in [1.807, 2.05) is 18.5 Å². The second-order valence-electron chi connectivity index (χ2n) is 7.60. The van der Waals surface area contributed by atoms with Crippen LogP contribution in [0.1, 0.15) is 44.7 Å². The highest BCUT2D eigenvalue weighted by atomic mass is 79.9.